The van der Waals surface area contributed by atoms with Crippen LogP contribution in [0.4, 0.5) is 5.13 Å². The molecule has 0 saturated heterocycles. The van der Waals surface area contributed by atoms with E-state index in [1.165, 1.54) is 5.38 Å². The second-order valence-corrected chi connectivity index (χ2v) is 5.06. The minimum atomic E-state index is -1.09. The Labute approximate surface area is 113 Å². The summed E-state index contributed by atoms with van der Waals surface area (Å²) >= 11 is 1.15. The second-order valence-electron chi connectivity index (χ2n) is 4.17. The predicted octanol–water partition coefficient (Wildman–Crippen LogP) is 0.809. The lowest BCUT2D eigenvalue weighted by Crippen LogP contribution is -2.35. The van der Waals surface area contributed by atoms with Crippen LogP contribution in [0, 0.1) is 5.92 Å². The van der Waals surface area contributed by atoms with E-state index in [-0.39, 0.29) is 22.5 Å². The van der Waals surface area contributed by atoms with E-state index < -0.39 is 12.1 Å². The van der Waals surface area contributed by atoms with Gasteiger partial charge in [0.05, 0.1) is 0 Å². The molecule has 1 aliphatic carbocycles. The Morgan fingerprint density at radius 3 is 2.84 bits per heavy atom. The summed E-state index contributed by atoms with van der Waals surface area (Å²) in [5, 5.41) is 14.4. The fraction of sp³-hybridized carbons (Fsp3) is 0.455. The van der Waals surface area contributed by atoms with E-state index in [1.807, 2.05) is 0 Å². The number of aliphatic carboxylic acids is 1. The first kappa shape index (κ1) is 13.5. The third-order valence-electron chi connectivity index (χ3n) is 2.94. The van der Waals surface area contributed by atoms with Crippen molar-refractivity contribution in [2.75, 3.05) is 5.73 Å². The van der Waals surface area contributed by atoms with Gasteiger partial charge in [-0.25, -0.2) is 9.78 Å². The van der Waals surface area contributed by atoms with Crippen LogP contribution >= 0.6 is 11.3 Å². The Morgan fingerprint density at radius 1 is 1.68 bits per heavy atom. The van der Waals surface area contributed by atoms with E-state index in [9.17, 15) is 9.59 Å². The van der Waals surface area contributed by atoms with Crippen molar-refractivity contribution in [2.24, 2.45) is 11.1 Å². The maximum atomic E-state index is 11.0. The summed E-state index contributed by atoms with van der Waals surface area (Å²) < 4.78 is 0. The number of carboxylic acid groups (broad SMARTS) is 1. The number of oxime groups is 1. The predicted molar refractivity (Wildman–Crippen MR) is 68.6 cm³/mol. The first-order valence-electron chi connectivity index (χ1n) is 5.68. The topological polar surface area (TPSA) is 115 Å². The average Bonchev–Trinajstić information content (AvgIpc) is 2.72. The normalized spacial score (nSPS) is 17.6. The van der Waals surface area contributed by atoms with E-state index in [2.05, 4.69) is 10.1 Å². The fourth-order valence-electron chi connectivity index (χ4n) is 1.70. The summed E-state index contributed by atoms with van der Waals surface area (Å²) in [7, 11) is 0. The van der Waals surface area contributed by atoms with Gasteiger partial charge in [0.25, 0.3) is 6.29 Å². The highest BCUT2D eigenvalue weighted by Crippen LogP contribution is 2.31. The maximum absolute atomic E-state index is 11.0. The zero-order valence-electron chi connectivity index (χ0n) is 9.91. The summed E-state index contributed by atoms with van der Waals surface area (Å²) in [6.07, 6.45) is 3.10. The van der Waals surface area contributed by atoms with Gasteiger partial charge in [0, 0.05) is 11.3 Å². The zero-order chi connectivity index (χ0) is 13.8. The van der Waals surface area contributed by atoms with Gasteiger partial charge in [-0.2, -0.15) is 0 Å². The molecular weight excluding hydrogens is 270 g/mol. The first-order valence-corrected chi connectivity index (χ1v) is 6.56. The highest BCUT2D eigenvalue weighted by atomic mass is 32.1. The van der Waals surface area contributed by atoms with Crippen molar-refractivity contribution in [3.8, 4) is 0 Å². The number of anilines is 1. The molecule has 3 N–H and O–H groups in total. The van der Waals surface area contributed by atoms with Crippen molar-refractivity contribution in [1.29, 1.82) is 0 Å². The summed E-state index contributed by atoms with van der Waals surface area (Å²) in [5.74, 6) is -1.15. The molecule has 1 fully saturated rings. The molecule has 1 radical (unpaired) electrons. The van der Waals surface area contributed by atoms with Gasteiger partial charge in [0.1, 0.15) is 5.69 Å². The van der Waals surface area contributed by atoms with Gasteiger partial charge in [0.2, 0.25) is 6.10 Å². The molecule has 1 aliphatic rings. The quantitative estimate of drug-likeness (QED) is 0.589. The van der Waals surface area contributed by atoms with Crippen molar-refractivity contribution >= 4 is 34.4 Å². The number of nitrogens with zero attached hydrogens (tertiary/aromatic N) is 2. The molecule has 19 heavy (non-hydrogen) atoms. The van der Waals surface area contributed by atoms with Gasteiger partial charge >= 0.3 is 5.97 Å². The SMILES string of the molecule is Nc1nc(C([C]=O)=NOC(C(=O)O)C2CCC2)cs1. The van der Waals surface area contributed by atoms with E-state index >= 15 is 0 Å². The molecule has 101 valence electrons. The lowest BCUT2D eigenvalue weighted by atomic mass is 9.81. The lowest BCUT2D eigenvalue weighted by molar-refractivity contribution is -0.156. The van der Waals surface area contributed by atoms with Crippen LogP contribution in [-0.4, -0.2) is 34.2 Å². The number of rotatable bonds is 6. The molecular formula is C11H12N3O4S. The minimum Gasteiger partial charge on any atom is -0.478 e. The summed E-state index contributed by atoms with van der Waals surface area (Å²) in [6.45, 7) is 0. The molecule has 0 bridgehead atoms. The van der Waals surface area contributed by atoms with Crippen molar-refractivity contribution in [2.45, 2.75) is 25.4 Å². The first-order chi connectivity index (χ1) is 9.11. The molecule has 0 spiro atoms. The summed E-state index contributed by atoms with van der Waals surface area (Å²) in [4.78, 5) is 30.7. The number of nitrogens with two attached hydrogens (primary N) is 1. The highest BCUT2D eigenvalue weighted by Gasteiger charge is 2.35. The number of hydrogen-bond acceptors (Lipinski definition) is 7. The van der Waals surface area contributed by atoms with Gasteiger partial charge in [-0.05, 0) is 12.8 Å². The van der Waals surface area contributed by atoms with Gasteiger partial charge in [-0.15, -0.1) is 11.3 Å². The van der Waals surface area contributed by atoms with E-state index in [0.29, 0.717) is 0 Å². The number of carboxylic acids is 1. The smallest absolute Gasteiger partial charge is 0.348 e. The number of carbonyl (C=O) groups is 1. The molecule has 1 heterocycles. The van der Waals surface area contributed by atoms with Crippen LogP contribution in [0.5, 0.6) is 0 Å². The number of hydrogen-bond donors (Lipinski definition) is 2. The van der Waals surface area contributed by atoms with Crippen LogP contribution in [0.25, 0.3) is 0 Å². The van der Waals surface area contributed by atoms with Crippen LogP contribution in [0.3, 0.4) is 0 Å². The molecule has 1 saturated carbocycles. The zero-order valence-corrected chi connectivity index (χ0v) is 10.7. The van der Waals surface area contributed by atoms with Crippen molar-refractivity contribution in [3.05, 3.63) is 11.1 Å². The molecule has 0 aromatic carbocycles. The van der Waals surface area contributed by atoms with E-state index in [1.54, 1.807) is 6.29 Å². The Kier molecular flexibility index (Phi) is 4.10. The number of thiazole rings is 1. The standard InChI is InChI=1S/C11H12N3O4S/c12-11-13-8(5-19-11)7(4-15)14-18-9(10(16)17)6-2-1-3-6/h5-6,9H,1-3H2,(H2,12,13)(H,16,17). The molecule has 7 nitrogen and oxygen atoms in total. The van der Waals surface area contributed by atoms with Crippen molar-refractivity contribution in [1.82, 2.24) is 4.98 Å². The van der Waals surface area contributed by atoms with Gasteiger partial charge in [-0.3, -0.25) is 4.79 Å². The Bertz CT molecular complexity index is 510. The molecule has 1 aromatic rings. The minimum absolute atomic E-state index is 0.0605. The van der Waals surface area contributed by atoms with Crippen LogP contribution < -0.4 is 5.73 Å². The van der Waals surface area contributed by atoms with E-state index in [0.717, 1.165) is 30.6 Å². The Balaban J connectivity index is 2.09. The Hall–Kier alpha value is -1.96. The van der Waals surface area contributed by atoms with Crippen molar-refractivity contribution in [3.63, 3.8) is 0 Å². The molecule has 0 aliphatic heterocycles. The molecule has 0 amide bonds. The van der Waals surface area contributed by atoms with Gasteiger partial charge in [0.15, 0.2) is 10.8 Å². The van der Waals surface area contributed by atoms with Gasteiger partial charge in [-0.1, -0.05) is 11.6 Å². The van der Waals surface area contributed by atoms with Crippen LogP contribution in [0.2, 0.25) is 0 Å². The second kappa shape index (κ2) is 5.79. The number of nitrogen functional groups attached to an aromatic ring is 1. The third-order valence-corrected chi connectivity index (χ3v) is 3.61. The molecule has 1 aromatic heterocycles. The van der Waals surface area contributed by atoms with E-state index in [4.69, 9.17) is 15.7 Å². The fourth-order valence-corrected chi connectivity index (χ4v) is 2.25. The average molecular weight is 282 g/mol. The summed E-state index contributed by atoms with van der Waals surface area (Å²) in [5.41, 5.74) is 5.49. The highest BCUT2D eigenvalue weighted by molar-refractivity contribution is 7.13. The maximum Gasteiger partial charge on any atom is 0.348 e. The Morgan fingerprint density at radius 2 is 2.42 bits per heavy atom. The monoisotopic (exact) mass is 282 g/mol. The summed E-state index contributed by atoms with van der Waals surface area (Å²) in [6, 6.07) is 0. The van der Waals surface area contributed by atoms with Crippen LogP contribution in [0.1, 0.15) is 25.0 Å². The molecule has 1 atom stereocenters. The van der Waals surface area contributed by atoms with Gasteiger partial charge < -0.3 is 15.7 Å². The largest absolute Gasteiger partial charge is 0.478 e. The van der Waals surface area contributed by atoms with Crippen LogP contribution in [0.15, 0.2) is 10.5 Å². The molecule has 1 unspecified atom stereocenters. The molecule has 8 heteroatoms. The van der Waals surface area contributed by atoms with Crippen molar-refractivity contribution < 1.29 is 19.5 Å². The number of carbonyl (C=O) groups excluding carboxylic acids is 1. The number of aromatic nitrogens is 1. The lowest BCUT2D eigenvalue weighted by Gasteiger charge is -2.28. The molecule has 2 rings (SSSR count). The third kappa shape index (κ3) is 3.08. The van der Waals surface area contributed by atoms with Crippen LogP contribution in [-0.2, 0) is 14.4 Å².